The number of amides is 1. The number of thiazole rings is 1. The van der Waals surface area contributed by atoms with Crippen LogP contribution in [0.4, 0.5) is 10.2 Å². The van der Waals surface area contributed by atoms with Crippen LogP contribution in [-0.2, 0) is 0 Å². The molecule has 25 heavy (non-hydrogen) atoms. The number of thiophene rings is 1. The molecule has 9 heteroatoms. The molecule has 4 nitrogen and oxygen atoms in total. The molecule has 3 aromatic heterocycles. The monoisotopic (exact) mass is 411 g/mol. The summed E-state index contributed by atoms with van der Waals surface area (Å²) in [7, 11) is 0. The van der Waals surface area contributed by atoms with Crippen molar-refractivity contribution in [2.45, 2.75) is 0 Å². The average molecular weight is 412 g/mol. The van der Waals surface area contributed by atoms with Gasteiger partial charge >= 0.3 is 0 Å². The predicted octanol–water partition coefficient (Wildman–Crippen LogP) is 5.82. The van der Waals surface area contributed by atoms with Crippen molar-refractivity contribution in [1.29, 1.82) is 0 Å². The normalized spacial score (nSPS) is 11.2. The molecule has 126 valence electrons. The minimum atomic E-state index is -0.385. The van der Waals surface area contributed by atoms with Crippen molar-refractivity contribution in [2.75, 3.05) is 5.32 Å². The van der Waals surface area contributed by atoms with Crippen molar-refractivity contribution < 1.29 is 9.18 Å². The summed E-state index contributed by atoms with van der Waals surface area (Å²) < 4.78 is 15.7. The number of nitrogens with one attached hydrogen (secondary N) is 1. The molecule has 1 N–H and O–H groups in total. The Balaban J connectivity index is 1.79. The van der Waals surface area contributed by atoms with Gasteiger partial charge in [-0.05, 0) is 30.3 Å². The predicted molar refractivity (Wildman–Crippen MR) is 101 cm³/mol. The van der Waals surface area contributed by atoms with Crippen LogP contribution in [0.25, 0.3) is 16.2 Å². The number of imidazole rings is 1. The van der Waals surface area contributed by atoms with Gasteiger partial charge in [0.25, 0.3) is 5.91 Å². The summed E-state index contributed by atoms with van der Waals surface area (Å²) in [6, 6.07) is 7.46. The van der Waals surface area contributed by atoms with Gasteiger partial charge in [-0.3, -0.25) is 9.20 Å². The molecule has 0 aliphatic rings. The van der Waals surface area contributed by atoms with Crippen molar-refractivity contribution in [2.24, 2.45) is 0 Å². The van der Waals surface area contributed by atoms with Gasteiger partial charge in [0.1, 0.15) is 21.7 Å². The molecule has 1 aromatic carbocycles. The third-order valence-electron chi connectivity index (χ3n) is 3.51. The first kappa shape index (κ1) is 16.5. The summed E-state index contributed by atoms with van der Waals surface area (Å²) in [4.78, 5) is 17.9. The van der Waals surface area contributed by atoms with Gasteiger partial charge in [0.15, 0.2) is 4.96 Å². The van der Waals surface area contributed by atoms with E-state index in [1.54, 1.807) is 22.7 Å². The molecule has 0 bridgehead atoms. The molecule has 1 amide bonds. The highest BCUT2D eigenvalue weighted by Gasteiger charge is 2.20. The van der Waals surface area contributed by atoms with E-state index < -0.39 is 0 Å². The number of carbonyl (C=O) groups is 1. The lowest BCUT2D eigenvalue weighted by molar-refractivity contribution is 0.102. The number of benzene rings is 1. The summed E-state index contributed by atoms with van der Waals surface area (Å²) >= 11 is 14.5. The Morgan fingerprint density at radius 2 is 2.00 bits per heavy atom. The molecule has 0 atom stereocenters. The minimum Gasteiger partial charge on any atom is -0.306 e. The van der Waals surface area contributed by atoms with Gasteiger partial charge in [0, 0.05) is 17.1 Å². The lowest BCUT2D eigenvalue weighted by Crippen LogP contribution is -2.13. The van der Waals surface area contributed by atoms with Gasteiger partial charge in [-0.1, -0.05) is 23.2 Å². The Morgan fingerprint density at radius 3 is 2.68 bits per heavy atom. The van der Waals surface area contributed by atoms with Crippen molar-refractivity contribution in [1.82, 2.24) is 9.38 Å². The van der Waals surface area contributed by atoms with Gasteiger partial charge in [0.2, 0.25) is 0 Å². The third-order valence-corrected chi connectivity index (χ3v) is 5.76. The molecule has 0 aliphatic heterocycles. The van der Waals surface area contributed by atoms with E-state index in [4.69, 9.17) is 23.2 Å². The van der Waals surface area contributed by atoms with Gasteiger partial charge in [-0.15, -0.1) is 22.7 Å². The Labute approximate surface area is 159 Å². The van der Waals surface area contributed by atoms with Crippen LogP contribution in [0, 0.1) is 5.82 Å². The highest BCUT2D eigenvalue weighted by atomic mass is 35.5. The van der Waals surface area contributed by atoms with Crippen LogP contribution in [0.3, 0.4) is 0 Å². The van der Waals surface area contributed by atoms with Crippen LogP contribution >= 0.6 is 45.9 Å². The first-order valence-electron chi connectivity index (χ1n) is 7.00. The second kappa shape index (κ2) is 6.42. The molecular weight excluding hydrogens is 404 g/mol. The first-order chi connectivity index (χ1) is 12.0. The average Bonchev–Trinajstić information content (AvgIpc) is 3.24. The molecule has 4 rings (SSSR count). The second-order valence-corrected chi connectivity index (χ2v) is 8.22. The van der Waals surface area contributed by atoms with Crippen LogP contribution in [-0.4, -0.2) is 15.3 Å². The molecule has 0 spiro atoms. The Morgan fingerprint density at radius 1 is 1.24 bits per heavy atom. The van der Waals surface area contributed by atoms with E-state index in [2.05, 4.69) is 10.3 Å². The number of nitrogens with zero attached hydrogens (tertiary/aromatic N) is 2. The number of hydrogen-bond donors (Lipinski definition) is 1. The van der Waals surface area contributed by atoms with E-state index in [0.717, 1.165) is 11.3 Å². The molecular formula is C16H8Cl2FN3OS2. The second-order valence-electron chi connectivity index (χ2n) is 5.06. The lowest BCUT2D eigenvalue weighted by Gasteiger charge is -2.06. The highest BCUT2D eigenvalue weighted by Crippen LogP contribution is 2.34. The zero-order valence-corrected chi connectivity index (χ0v) is 15.4. The van der Waals surface area contributed by atoms with E-state index >= 15 is 0 Å². The van der Waals surface area contributed by atoms with Crippen LogP contribution in [0.15, 0.2) is 41.9 Å². The fourth-order valence-electron chi connectivity index (χ4n) is 2.38. The summed E-state index contributed by atoms with van der Waals surface area (Å²) in [5.74, 6) is -0.231. The van der Waals surface area contributed by atoms with Gasteiger partial charge in [-0.25, -0.2) is 9.37 Å². The molecule has 0 saturated carbocycles. The van der Waals surface area contributed by atoms with E-state index in [-0.39, 0.29) is 11.7 Å². The summed E-state index contributed by atoms with van der Waals surface area (Å²) in [6.07, 6.45) is 1.80. The fraction of sp³-hybridized carbons (Fsp3) is 0. The number of anilines is 1. The van der Waals surface area contributed by atoms with Crippen molar-refractivity contribution in [3.63, 3.8) is 0 Å². The van der Waals surface area contributed by atoms with Crippen LogP contribution in [0.1, 0.15) is 10.4 Å². The maximum atomic E-state index is 13.2. The molecule has 0 aliphatic carbocycles. The highest BCUT2D eigenvalue weighted by molar-refractivity contribution is 7.20. The smallest absolute Gasteiger partial charge is 0.259 e. The molecule has 3 heterocycles. The molecule has 0 unspecified atom stereocenters. The van der Waals surface area contributed by atoms with Crippen LogP contribution in [0.2, 0.25) is 8.67 Å². The number of hydrogen-bond acceptors (Lipinski definition) is 4. The van der Waals surface area contributed by atoms with Crippen molar-refractivity contribution in [3.05, 3.63) is 62.0 Å². The lowest BCUT2D eigenvalue weighted by atomic mass is 10.1. The first-order valence-corrected chi connectivity index (χ1v) is 9.46. The summed E-state index contributed by atoms with van der Waals surface area (Å²) in [5.41, 5.74) is 1.55. The number of fused-ring (bicyclic) bond motifs is 1. The van der Waals surface area contributed by atoms with E-state index in [9.17, 15) is 9.18 Å². The van der Waals surface area contributed by atoms with Crippen LogP contribution in [0.5, 0.6) is 0 Å². The molecule has 4 aromatic rings. The minimum absolute atomic E-state index is 0.298. The zero-order chi connectivity index (χ0) is 17.6. The van der Waals surface area contributed by atoms with Gasteiger partial charge in [0.05, 0.1) is 9.90 Å². The zero-order valence-electron chi connectivity index (χ0n) is 12.3. The van der Waals surface area contributed by atoms with Crippen molar-refractivity contribution >= 4 is 62.6 Å². The maximum absolute atomic E-state index is 13.2. The maximum Gasteiger partial charge on any atom is 0.259 e. The summed E-state index contributed by atoms with van der Waals surface area (Å²) in [6.45, 7) is 0. The van der Waals surface area contributed by atoms with Crippen molar-refractivity contribution in [3.8, 4) is 11.3 Å². The van der Waals surface area contributed by atoms with Gasteiger partial charge < -0.3 is 5.32 Å². The number of carbonyl (C=O) groups excluding carboxylic acids is 1. The van der Waals surface area contributed by atoms with E-state index in [1.165, 1.54) is 29.5 Å². The summed E-state index contributed by atoms with van der Waals surface area (Å²) in [5, 5.41) is 4.70. The Bertz CT molecular complexity index is 1080. The SMILES string of the molecule is O=C(Nc1c(-c2ccc(F)cc2)nc2sccn12)c1cc(Cl)sc1Cl. The Hall–Kier alpha value is -1.93. The fourth-order valence-corrected chi connectivity index (χ4v) is 4.56. The third kappa shape index (κ3) is 3.04. The van der Waals surface area contributed by atoms with E-state index in [0.29, 0.717) is 36.3 Å². The number of halogens is 3. The van der Waals surface area contributed by atoms with Crippen LogP contribution < -0.4 is 5.32 Å². The number of aromatic nitrogens is 2. The van der Waals surface area contributed by atoms with E-state index in [1.807, 2.05) is 5.38 Å². The largest absolute Gasteiger partial charge is 0.306 e. The Kier molecular flexibility index (Phi) is 4.24. The molecule has 0 radical (unpaired) electrons. The van der Waals surface area contributed by atoms with Gasteiger partial charge in [-0.2, -0.15) is 0 Å². The number of rotatable bonds is 3. The quantitative estimate of drug-likeness (QED) is 0.461. The molecule has 0 saturated heterocycles. The standard InChI is InChI=1S/C16H8Cl2FN3OS2/c17-11-7-10(13(18)25-11)15(23)21-14-12(8-1-3-9(19)4-2-8)20-16-22(14)5-6-24-16/h1-7H,(H,21,23). The topological polar surface area (TPSA) is 46.4 Å². The molecule has 0 fully saturated rings.